The standard InChI is InChI=1S/C18H20N2O3/c1-2-23-17(21)12-13-19-18(22)20-16-10-8-15(9-11-16)14-6-4-3-5-7-14/h3-11H,2,12-13H2,1H3,(H2,19,20,22). The number of amides is 2. The van der Waals surface area contributed by atoms with E-state index in [1.807, 2.05) is 54.6 Å². The predicted octanol–water partition coefficient (Wildman–Crippen LogP) is 3.43. The Hall–Kier alpha value is -2.82. The van der Waals surface area contributed by atoms with E-state index in [0.29, 0.717) is 12.3 Å². The Balaban J connectivity index is 1.81. The van der Waals surface area contributed by atoms with Gasteiger partial charge in [-0.1, -0.05) is 42.5 Å². The number of urea groups is 1. The highest BCUT2D eigenvalue weighted by molar-refractivity contribution is 5.89. The minimum Gasteiger partial charge on any atom is -0.466 e. The van der Waals surface area contributed by atoms with Gasteiger partial charge in [0.1, 0.15) is 0 Å². The normalized spacial score (nSPS) is 9.96. The molecule has 0 bridgehead atoms. The molecule has 2 aromatic carbocycles. The molecule has 2 N–H and O–H groups in total. The fourth-order valence-corrected chi connectivity index (χ4v) is 2.06. The first-order valence-electron chi connectivity index (χ1n) is 7.55. The zero-order valence-corrected chi connectivity index (χ0v) is 13.0. The summed E-state index contributed by atoms with van der Waals surface area (Å²) in [4.78, 5) is 22.9. The van der Waals surface area contributed by atoms with Crippen LogP contribution in [0.3, 0.4) is 0 Å². The van der Waals surface area contributed by atoms with Crippen LogP contribution < -0.4 is 10.6 Å². The third kappa shape index (κ3) is 5.47. The summed E-state index contributed by atoms with van der Waals surface area (Å²) in [6.07, 6.45) is 0.161. The molecule has 2 aromatic rings. The Morgan fingerprint density at radius 1 is 0.957 bits per heavy atom. The van der Waals surface area contributed by atoms with Gasteiger partial charge in [0.2, 0.25) is 0 Å². The van der Waals surface area contributed by atoms with Crippen molar-refractivity contribution in [3.05, 3.63) is 54.6 Å². The van der Waals surface area contributed by atoms with E-state index in [-0.39, 0.29) is 25.0 Å². The number of esters is 1. The van der Waals surface area contributed by atoms with Crippen molar-refractivity contribution in [2.75, 3.05) is 18.5 Å². The molecule has 0 radical (unpaired) electrons. The van der Waals surface area contributed by atoms with Crippen molar-refractivity contribution in [1.82, 2.24) is 5.32 Å². The van der Waals surface area contributed by atoms with Crippen LogP contribution in [0.5, 0.6) is 0 Å². The summed E-state index contributed by atoms with van der Waals surface area (Å²) in [5, 5.41) is 5.34. The highest BCUT2D eigenvalue weighted by atomic mass is 16.5. The summed E-state index contributed by atoms with van der Waals surface area (Å²) in [7, 11) is 0. The molecule has 0 aromatic heterocycles. The SMILES string of the molecule is CCOC(=O)CCNC(=O)Nc1ccc(-c2ccccc2)cc1. The van der Waals surface area contributed by atoms with E-state index in [0.717, 1.165) is 11.1 Å². The predicted molar refractivity (Wildman–Crippen MR) is 90.1 cm³/mol. The number of ether oxygens (including phenoxy) is 1. The lowest BCUT2D eigenvalue weighted by atomic mass is 10.1. The summed E-state index contributed by atoms with van der Waals surface area (Å²) in [6, 6.07) is 17.2. The summed E-state index contributed by atoms with van der Waals surface area (Å²) in [5.41, 5.74) is 2.90. The molecular formula is C18H20N2O3. The van der Waals surface area contributed by atoms with Crippen LogP contribution in [0.1, 0.15) is 13.3 Å². The Kier molecular flexibility index (Phi) is 6.17. The van der Waals surface area contributed by atoms with E-state index >= 15 is 0 Å². The van der Waals surface area contributed by atoms with Crippen molar-refractivity contribution in [3.63, 3.8) is 0 Å². The van der Waals surface area contributed by atoms with Gasteiger partial charge in [-0.2, -0.15) is 0 Å². The molecule has 5 nitrogen and oxygen atoms in total. The van der Waals surface area contributed by atoms with Crippen molar-refractivity contribution in [3.8, 4) is 11.1 Å². The smallest absolute Gasteiger partial charge is 0.319 e. The van der Waals surface area contributed by atoms with Gasteiger partial charge in [-0.25, -0.2) is 4.79 Å². The molecule has 0 saturated heterocycles. The first kappa shape index (κ1) is 16.5. The lowest BCUT2D eigenvalue weighted by molar-refractivity contribution is -0.142. The van der Waals surface area contributed by atoms with Gasteiger partial charge < -0.3 is 15.4 Å². The molecule has 0 spiro atoms. The van der Waals surface area contributed by atoms with Crippen molar-refractivity contribution >= 4 is 17.7 Å². The molecule has 0 heterocycles. The lowest BCUT2D eigenvalue weighted by Crippen LogP contribution is -2.30. The zero-order chi connectivity index (χ0) is 16.5. The van der Waals surface area contributed by atoms with Gasteiger partial charge in [-0.15, -0.1) is 0 Å². The molecule has 2 rings (SSSR count). The van der Waals surface area contributed by atoms with Crippen LogP contribution in [-0.2, 0) is 9.53 Å². The summed E-state index contributed by atoms with van der Waals surface area (Å²) in [5.74, 6) is -0.319. The molecule has 0 atom stereocenters. The summed E-state index contributed by atoms with van der Waals surface area (Å²) >= 11 is 0. The van der Waals surface area contributed by atoms with Gasteiger partial charge in [-0.3, -0.25) is 4.79 Å². The number of rotatable bonds is 6. The summed E-state index contributed by atoms with van der Waals surface area (Å²) < 4.78 is 4.79. The second kappa shape index (κ2) is 8.58. The maximum absolute atomic E-state index is 11.7. The molecule has 5 heteroatoms. The van der Waals surface area contributed by atoms with Gasteiger partial charge in [0.25, 0.3) is 0 Å². The number of carbonyl (C=O) groups is 2. The quantitative estimate of drug-likeness (QED) is 0.803. The number of hydrogen-bond donors (Lipinski definition) is 2. The lowest BCUT2D eigenvalue weighted by Gasteiger charge is -2.08. The minimum absolute atomic E-state index is 0.161. The fourth-order valence-electron chi connectivity index (χ4n) is 2.06. The molecule has 0 saturated carbocycles. The highest BCUT2D eigenvalue weighted by Gasteiger charge is 2.05. The molecule has 0 fully saturated rings. The van der Waals surface area contributed by atoms with Crippen LogP contribution in [0, 0.1) is 0 Å². The topological polar surface area (TPSA) is 67.4 Å². The third-order valence-electron chi connectivity index (χ3n) is 3.17. The number of anilines is 1. The average Bonchev–Trinajstić information content (AvgIpc) is 2.56. The Morgan fingerprint density at radius 2 is 1.61 bits per heavy atom. The number of carbonyl (C=O) groups excluding carboxylic acids is 2. The van der Waals surface area contributed by atoms with Crippen LogP contribution in [0.25, 0.3) is 11.1 Å². The first-order chi connectivity index (χ1) is 11.2. The second-order valence-corrected chi connectivity index (χ2v) is 4.88. The van der Waals surface area contributed by atoms with E-state index in [1.165, 1.54) is 0 Å². The van der Waals surface area contributed by atoms with Gasteiger partial charge in [-0.05, 0) is 30.2 Å². The van der Waals surface area contributed by atoms with Crippen LogP contribution in [0.15, 0.2) is 54.6 Å². The maximum Gasteiger partial charge on any atom is 0.319 e. The minimum atomic E-state index is -0.346. The van der Waals surface area contributed by atoms with Crippen molar-refractivity contribution in [2.45, 2.75) is 13.3 Å². The van der Waals surface area contributed by atoms with E-state index in [9.17, 15) is 9.59 Å². The number of nitrogens with one attached hydrogen (secondary N) is 2. The van der Waals surface area contributed by atoms with Crippen LogP contribution in [0.4, 0.5) is 10.5 Å². The fraction of sp³-hybridized carbons (Fsp3) is 0.222. The highest BCUT2D eigenvalue weighted by Crippen LogP contribution is 2.20. The number of benzene rings is 2. The van der Waals surface area contributed by atoms with Gasteiger partial charge in [0, 0.05) is 12.2 Å². The zero-order valence-electron chi connectivity index (χ0n) is 13.0. The van der Waals surface area contributed by atoms with E-state index in [2.05, 4.69) is 10.6 Å². The molecular weight excluding hydrogens is 292 g/mol. The molecule has 2 amide bonds. The Morgan fingerprint density at radius 3 is 2.26 bits per heavy atom. The number of hydrogen-bond acceptors (Lipinski definition) is 3. The first-order valence-corrected chi connectivity index (χ1v) is 7.55. The monoisotopic (exact) mass is 312 g/mol. The maximum atomic E-state index is 11.7. The Labute approximate surface area is 135 Å². The van der Waals surface area contributed by atoms with E-state index in [1.54, 1.807) is 6.92 Å². The van der Waals surface area contributed by atoms with Crippen molar-refractivity contribution in [2.24, 2.45) is 0 Å². The van der Waals surface area contributed by atoms with Gasteiger partial charge in [0.05, 0.1) is 13.0 Å². The molecule has 0 aliphatic carbocycles. The molecule has 0 aliphatic rings. The van der Waals surface area contributed by atoms with Gasteiger partial charge >= 0.3 is 12.0 Å². The van der Waals surface area contributed by atoms with Gasteiger partial charge in [0.15, 0.2) is 0 Å². The molecule has 23 heavy (non-hydrogen) atoms. The Bertz CT molecular complexity index is 639. The third-order valence-corrected chi connectivity index (χ3v) is 3.17. The van der Waals surface area contributed by atoms with Crippen molar-refractivity contribution in [1.29, 1.82) is 0 Å². The van der Waals surface area contributed by atoms with E-state index < -0.39 is 0 Å². The van der Waals surface area contributed by atoms with Crippen molar-refractivity contribution < 1.29 is 14.3 Å². The van der Waals surface area contributed by atoms with Crippen LogP contribution >= 0.6 is 0 Å². The molecule has 120 valence electrons. The van der Waals surface area contributed by atoms with E-state index in [4.69, 9.17) is 4.74 Å². The molecule has 0 unspecified atom stereocenters. The largest absolute Gasteiger partial charge is 0.466 e. The molecule has 0 aliphatic heterocycles. The van der Waals surface area contributed by atoms with Crippen LogP contribution in [0.2, 0.25) is 0 Å². The second-order valence-electron chi connectivity index (χ2n) is 4.88. The van der Waals surface area contributed by atoms with Crippen LogP contribution in [-0.4, -0.2) is 25.2 Å². The average molecular weight is 312 g/mol. The summed E-state index contributed by atoms with van der Waals surface area (Å²) in [6.45, 7) is 2.34.